The Morgan fingerprint density at radius 1 is 1.44 bits per heavy atom. The van der Waals surface area contributed by atoms with Crippen LogP contribution >= 0.6 is 0 Å². The Balaban J connectivity index is 2.07. The van der Waals surface area contributed by atoms with E-state index in [1.165, 1.54) is 11.3 Å². The lowest BCUT2D eigenvalue weighted by Crippen LogP contribution is -2.28. The van der Waals surface area contributed by atoms with Gasteiger partial charge in [-0.3, -0.25) is 9.67 Å². The molecule has 0 amide bonds. The van der Waals surface area contributed by atoms with E-state index in [-0.39, 0.29) is 0 Å². The number of rotatable bonds is 1. The summed E-state index contributed by atoms with van der Waals surface area (Å²) in [7, 11) is 0. The third kappa shape index (κ3) is 1.51. The molecule has 0 aromatic carbocycles. The fourth-order valence-electron chi connectivity index (χ4n) is 2.06. The number of hydrogen-bond donors (Lipinski definition) is 1. The molecule has 4 nitrogen and oxygen atoms in total. The first-order valence-electron chi connectivity index (χ1n) is 5.54. The van der Waals surface area contributed by atoms with Gasteiger partial charge in [0.05, 0.1) is 17.9 Å². The third-order valence-electron chi connectivity index (χ3n) is 2.92. The van der Waals surface area contributed by atoms with Gasteiger partial charge in [0.1, 0.15) is 5.69 Å². The van der Waals surface area contributed by atoms with Gasteiger partial charge in [-0.15, -0.1) is 0 Å². The second-order valence-corrected chi connectivity index (χ2v) is 4.09. The van der Waals surface area contributed by atoms with Crippen LogP contribution in [-0.4, -0.2) is 21.3 Å². The van der Waals surface area contributed by atoms with Crippen LogP contribution < -0.4 is 5.32 Å². The second kappa shape index (κ2) is 3.72. The molecule has 0 aliphatic carbocycles. The van der Waals surface area contributed by atoms with Crippen LogP contribution in [0.5, 0.6) is 0 Å². The molecule has 2 aromatic rings. The fourth-order valence-corrected chi connectivity index (χ4v) is 2.06. The van der Waals surface area contributed by atoms with E-state index in [4.69, 9.17) is 0 Å². The highest BCUT2D eigenvalue weighted by Crippen LogP contribution is 2.20. The average Bonchev–Trinajstić information content (AvgIpc) is 2.73. The van der Waals surface area contributed by atoms with E-state index in [0.29, 0.717) is 0 Å². The summed E-state index contributed by atoms with van der Waals surface area (Å²) in [5.41, 5.74) is 4.39. The monoisotopic (exact) mass is 214 g/mol. The van der Waals surface area contributed by atoms with Crippen molar-refractivity contribution in [3.63, 3.8) is 0 Å². The van der Waals surface area contributed by atoms with Gasteiger partial charge in [-0.2, -0.15) is 5.10 Å². The minimum atomic E-state index is 0.902. The average molecular weight is 214 g/mol. The predicted molar refractivity (Wildman–Crippen MR) is 61.9 cm³/mol. The van der Waals surface area contributed by atoms with Crippen molar-refractivity contribution < 1.29 is 0 Å². The summed E-state index contributed by atoms with van der Waals surface area (Å²) in [6.45, 7) is 4.91. The first-order valence-corrected chi connectivity index (χ1v) is 5.54. The zero-order chi connectivity index (χ0) is 11.0. The van der Waals surface area contributed by atoms with Gasteiger partial charge in [0.25, 0.3) is 0 Å². The second-order valence-electron chi connectivity index (χ2n) is 4.09. The Labute approximate surface area is 94.3 Å². The van der Waals surface area contributed by atoms with Crippen LogP contribution in [0.4, 0.5) is 0 Å². The van der Waals surface area contributed by atoms with Crippen molar-refractivity contribution in [3.05, 3.63) is 35.7 Å². The zero-order valence-corrected chi connectivity index (χ0v) is 9.27. The molecule has 1 N–H and O–H groups in total. The van der Waals surface area contributed by atoms with Gasteiger partial charge in [0.15, 0.2) is 0 Å². The lowest BCUT2D eigenvalue weighted by Gasteiger charge is -2.13. The molecule has 0 bridgehead atoms. The molecule has 2 aromatic heterocycles. The van der Waals surface area contributed by atoms with Crippen LogP contribution in [0, 0.1) is 6.92 Å². The first-order chi connectivity index (χ1) is 7.84. The van der Waals surface area contributed by atoms with Crippen molar-refractivity contribution in [2.45, 2.75) is 20.0 Å². The number of pyridine rings is 1. The summed E-state index contributed by atoms with van der Waals surface area (Å²) in [4.78, 5) is 4.40. The van der Waals surface area contributed by atoms with Crippen molar-refractivity contribution in [3.8, 4) is 11.4 Å². The molecule has 1 aliphatic heterocycles. The highest BCUT2D eigenvalue weighted by molar-refractivity contribution is 5.58. The van der Waals surface area contributed by atoms with Crippen LogP contribution in [0.15, 0.2) is 24.4 Å². The Bertz CT molecular complexity index is 492. The lowest BCUT2D eigenvalue weighted by molar-refractivity contribution is 0.476. The van der Waals surface area contributed by atoms with Crippen LogP contribution in [0.3, 0.4) is 0 Å². The largest absolute Gasteiger partial charge is 0.309 e. The standard InChI is InChI=1S/C12H14N4/c1-9-3-2-4-14-12(9)11-7-10-8-13-5-6-16(10)15-11/h2-4,7,13H,5-6,8H2,1H3. The number of nitrogens with one attached hydrogen (secondary N) is 1. The lowest BCUT2D eigenvalue weighted by atomic mass is 10.1. The maximum absolute atomic E-state index is 4.60. The molecule has 0 spiro atoms. The van der Waals surface area contributed by atoms with Gasteiger partial charge >= 0.3 is 0 Å². The third-order valence-corrected chi connectivity index (χ3v) is 2.92. The topological polar surface area (TPSA) is 42.7 Å². The van der Waals surface area contributed by atoms with Crippen molar-refractivity contribution >= 4 is 0 Å². The number of hydrogen-bond acceptors (Lipinski definition) is 3. The normalized spacial score (nSPS) is 14.8. The highest BCUT2D eigenvalue weighted by Gasteiger charge is 2.14. The van der Waals surface area contributed by atoms with Crippen LogP contribution in [0.1, 0.15) is 11.3 Å². The molecule has 16 heavy (non-hydrogen) atoms. The van der Waals surface area contributed by atoms with Gasteiger partial charge in [0, 0.05) is 19.3 Å². The number of aryl methyl sites for hydroxylation is 1. The van der Waals surface area contributed by atoms with Crippen molar-refractivity contribution in [1.29, 1.82) is 0 Å². The van der Waals surface area contributed by atoms with Gasteiger partial charge in [-0.1, -0.05) is 6.07 Å². The predicted octanol–water partition coefficient (Wildman–Crippen LogP) is 1.36. The molecule has 0 radical (unpaired) electrons. The summed E-state index contributed by atoms with van der Waals surface area (Å²) < 4.78 is 2.07. The maximum atomic E-state index is 4.60. The van der Waals surface area contributed by atoms with Crippen molar-refractivity contribution in [1.82, 2.24) is 20.1 Å². The first kappa shape index (κ1) is 9.54. The molecule has 0 unspecified atom stereocenters. The molecule has 0 saturated carbocycles. The molecule has 3 heterocycles. The van der Waals surface area contributed by atoms with Crippen LogP contribution in [0.25, 0.3) is 11.4 Å². The Morgan fingerprint density at radius 3 is 3.19 bits per heavy atom. The Kier molecular flexibility index (Phi) is 2.22. The highest BCUT2D eigenvalue weighted by atomic mass is 15.3. The van der Waals surface area contributed by atoms with E-state index in [9.17, 15) is 0 Å². The quantitative estimate of drug-likeness (QED) is 0.779. The summed E-state index contributed by atoms with van der Waals surface area (Å²) in [5, 5.41) is 7.94. The van der Waals surface area contributed by atoms with E-state index in [0.717, 1.165) is 31.0 Å². The van der Waals surface area contributed by atoms with E-state index in [1.54, 1.807) is 0 Å². The van der Waals surface area contributed by atoms with E-state index in [2.05, 4.69) is 39.1 Å². The van der Waals surface area contributed by atoms with E-state index < -0.39 is 0 Å². The number of aromatic nitrogens is 3. The Morgan fingerprint density at radius 2 is 2.38 bits per heavy atom. The van der Waals surface area contributed by atoms with E-state index >= 15 is 0 Å². The van der Waals surface area contributed by atoms with Gasteiger partial charge < -0.3 is 5.32 Å². The molecule has 4 heteroatoms. The molecule has 0 atom stereocenters. The van der Waals surface area contributed by atoms with Crippen molar-refractivity contribution in [2.75, 3.05) is 6.54 Å². The molecule has 82 valence electrons. The summed E-state index contributed by atoms with van der Waals surface area (Å²) in [5.74, 6) is 0. The number of fused-ring (bicyclic) bond motifs is 1. The molecule has 0 fully saturated rings. The minimum Gasteiger partial charge on any atom is -0.309 e. The SMILES string of the molecule is Cc1cccnc1-c1cc2n(n1)CCNC2. The number of nitrogens with zero attached hydrogens (tertiary/aromatic N) is 3. The summed E-state index contributed by atoms with van der Waals surface area (Å²) >= 11 is 0. The Hall–Kier alpha value is -1.68. The van der Waals surface area contributed by atoms with Gasteiger partial charge in [-0.25, -0.2) is 0 Å². The minimum absolute atomic E-state index is 0.902. The molecule has 0 saturated heterocycles. The smallest absolute Gasteiger partial charge is 0.111 e. The van der Waals surface area contributed by atoms with Crippen LogP contribution in [-0.2, 0) is 13.1 Å². The summed E-state index contributed by atoms with van der Waals surface area (Å²) in [6.07, 6.45) is 1.82. The maximum Gasteiger partial charge on any atom is 0.111 e. The van der Waals surface area contributed by atoms with Gasteiger partial charge in [0.2, 0.25) is 0 Å². The fraction of sp³-hybridized carbons (Fsp3) is 0.333. The zero-order valence-electron chi connectivity index (χ0n) is 9.27. The molecular weight excluding hydrogens is 200 g/mol. The summed E-state index contributed by atoms with van der Waals surface area (Å²) in [6, 6.07) is 6.15. The molecule has 1 aliphatic rings. The van der Waals surface area contributed by atoms with Crippen LogP contribution in [0.2, 0.25) is 0 Å². The van der Waals surface area contributed by atoms with E-state index in [1.807, 2.05) is 12.3 Å². The molecule has 3 rings (SSSR count). The van der Waals surface area contributed by atoms with Crippen molar-refractivity contribution in [2.24, 2.45) is 0 Å². The molecular formula is C12H14N4. The van der Waals surface area contributed by atoms with Gasteiger partial charge in [-0.05, 0) is 24.6 Å².